The zero-order chi connectivity index (χ0) is 9.97. The van der Waals surface area contributed by atoms with Gasteiger partial charge in [0, 0.05) is 17.4 Å². The van der Waals surface area contributed by atoms with Crippen molar-refractivity contribution >= 4 is 11.4 Å². The molecular formula is C12H18N2. The number of hydrogen-bond donors (Lipinski definition) is 2. The third-order valence-electron chi connectivity index (χ3n) is 2.84. The average molecular weight is 190 g/mol. The van der Waals surface area contributed by atoms with Crippen molar-refractivity contribution in [1.29, 1.82) is 0 Å². The molecule has 2 nitrogen and oxygen atoms in total. The van der Waals surface area contributed by atoms with E-state index in [-0.39, 0.29) is 0 Å². The van der Waals surface area contributed by atoms with Gasteiger partial charge in [0.1, 0.15) is 0 Å². The molecule has 1 fully saturated rings. The summed E-state index contributed by atoms with van der Waals surface area (Å²) in [5, 5.41) is 3.52. The highest BCUT2D eigenvalue weighted by Gasteiger charge is 2.35. The Balaban J connectivity index is 1.84. The van der Waals surface area contributed by atoms with Crippen molar-refractivity contribution in [3.8, 4) is 0 Å². The highest BCUT2D eigenvalue weighted by molar-refractivity contribution is 5.52. The molecule has 2 heteroatoms. The lowest BCUT2D eigenvalue weighted by Crippen LogP contribution is -2.04. The standard InChI is InChI=1S/C12H18N2/c1-2-3-9-8-12(9)14-11-6-4-10(13)5-7-11/h4-7,9,12,14H,2-3,8,13H2,1H3. The molecule has 0 radical (unpaired) electrons. The summed E-state index contributed by atoms with van der Waals surface area (Å²) < 4.78 is 0. The maximum atomic E-state index is 5.62. The van der Waals surface area contributed by atoms with E-state index in [4.69, 9.17) is 5.73 Å². The molecule has 1 aliphatic rings. The number of benzene rings is 1. The molecule has 3 N–H and O–H groups in total. The number of nitrogen functional groups attached to an aromatic ring is 1. The van der Waals surface area contributed by atoms with E-state index < -0.39 is 0 Å². The predicted octanol–water partition coefficient (Wildman–Crippen LogP) is 2.87. The first-order valence-corrected chi connectivity index (χ1v) is 5.41. The summed E-state index contributed by atoms with van der Waals surface area (Å²) in [4.78, 5) is 0. The van der Waals surface area contributed by atoms with Gasteiger partial charge in [0.05, 0.1) is 0 Å². The van der Waals surface area contributed by atoms with Gasteiger partial charge in [-0.1, -0.05) is 13.3 Å². The Bertz CT molecular complexity index is 292. The van der Waals surface area contributed by atoms with Gasteiger partial charge < -0.3 is 11.1 Å². The van der Waals surface area contributed by atoms with Crippen LogP contribution in [0.4, 0.5) is 11.4 Å². The van der Waals surface area contributed by atoms with Crippen LogP contribution in [0.5, 0.6) is 0 Å². The van der Waals surface area contributed by atoms with Crippen molar-refractivity contribution in [2.75, 3.05) is 11.1 Å². The van der Waals surface area contributed by atoms with Crippen molar-refractivity contribution in [2.24, 2.45) is 5.92 Å². The third kappa shape index (κ3) is 2.19. The van der Waals surface area contributed by atoms with Crippen molar-refractivity contribution in [3.05, 3.63) is 24.3 Å². The van der Waals surface area contributed by atoms with E-state index in [0.717, 1.165) is 11.6 Å². The van der Waals surface area contributed by atoms with Crippen LogP contribution in [0, 0.1) is 5.92 Å². The van der Waals surface area contributed by atoms with Crippen molar-refractivity contribution < 1.29 is 0 Å². The van der Waals surface area contributed by atoms with Crippen LogP contribution >= 0.6 is 0 Å². The number of nitrogens with one attached hydrogen (secondary N) is 1. The molecule has 14 heavy (non-hydrogen) atoms. The van der Waals surface area contributed by atoms with E-state index in [0.29, 0.717) is 6.04 Å². The Morgan fingerprint density at radius 2 is 2.07 bits per heavy atom. The van der Waals surface area contributed by atoms with Gasteiger partial charge in [0.2, 0.25) is 0 Å². The Hall–Kier alpha value is -1.18. The maximum absolute atomic E-state index is 5.62. The first-order chi connectivity index (χ1) is 6.79. The molecule has 0 amide bonds. The molecule has 1 aromatic carbocycles. The number of hydrogen-bond acceptors (Lipinski definition) is 2. The summed E-state index contributed by atoms with van der Waals surface area (Å²) in [6.45, 7) is 2.25. The molecular weight excluding hydrogens is 172 g/mol. The molecule has 0 saturated heterocycles. The van der Waals surface area contributed by atoms with Gasteiger partial charge in [0.25, 0.3) is 0 Å². The summed E-state index contributed by atoms with van der Waals surface area (Å²) in [5.74, 6) is 0.901. The van der Waals surface area contributed by atoms with Crippen LogP contribution < -0.4 is 11.1 Å². The fourth-order valence-electron chi connectivity index (χ4n) is 1.91. The van der Waals surface area contributed by atoms with Gasteiger partial charge in [-0.2, -0.15) is 0 Å². The summed E-state index contributed by atoms with van der Waals surface area (Å²) in [7, 11) is 0. The lowest BCUT2D eigenvalue weighted by Gasteiger charge is -2.05. The third-order valence-corrected chi connectivity index (χ3v) is 2.84. The summed E-state index contributed by atoms with van der Waals surface area (Å²) in [6, 6.07) is 8.70. The van der Waals surface area contributed by atoms with Crippen LogP contribution in [0.1, 0.15) is 26.2 Å². The number of rotatable bonds is 4. The predicted molar refractivity (Wildman–Crippen MR) is 61.3 cm³/mol. The fraction of sp³-hybridized carbons (Fsp3) is 0.500. The molecule has 2 unspecified atom stereocenters. The zero-order valence-electron chi connectivity index (χ0n) is 8.66. The second-order valence-corrected chi connectivity index (χ2v) is 4.16. The Morgan fingerprint density at radius 1 is 1.36 bits per heavy atom. The van der Waals surface area contributed by atoms with Crippen LogP contribution in [0.2, 0.25) is 0 Å². The summed E-state index contributed by atoms with van der Waals surface area (Å²) in [6.07, 6.45) is 3.98. The van der Waals surface area contributed by atoms with Crippen LogP contribution in [-0.2, 0) is 0 Å². The van der Waals surface area contributed by atoms with E-state index in [1.807, 2.05) is 12.1 Å². The lowest BCUT2D eigenvalue weighted by molar-refractivity contribution is 0.693. The van der Waals surface area contributed by atoms with Gasteiger partial charge in [-0.3, -0.25) is 0 Å². The summed E-state index contributed by atoms with van der Waals surface area (Å²) in [5.41, 5.74) is 7.65. The average Bonchev–Trinajstić information content (AvgIpc) is 2.89. The largest absolute Gasteiger partial charge is 0.399 e. The first-order valence-electron chi connectivity index (χ1n) is 5.41. The highest BCUT2D eigenvalue weighted by atomic mass is 15.0. The van der Waals surface area contributed by atoms with Gasteiger partial charge in [-0.15, -0.1) is 0 Å². The Morgan fingerprint density at radius 3 is 2.71 bits per heavy atom. The second kappa shape index (κ2) is 3.91. The Labute approximate surface area is 85.5 Å². The molecule has 0 heterocycles. The van der Waals surface area contributed by atoms with E-state index in [1.54, 1.807) is 0 Å². The normalized spacial score (nSPS) is 24.6. The molecule has 0 bridgehead atoms. The zero-order valence-corrected chi connectivity index (χ0v) is 8.66. The minimum Gasteiger partial charge on any atom is -0.399 e. The van der Waals surface area contributed by atoms with Crippen molar-refractivity contribution in [1.82, 2.24) is 0 Å². The van der Waals surface area contributed by atoms with Gasteiger partial charge >= 0.3 is 0 Å². The SMILES string of the molecule is CCCC1CC1Nc1ccc(N)cc1. The van der Waals surface area contributed by atoms with Gasteiger partial charge in [0.15, 0.2) is 0 Å². The van der Waals surface area contributed by atoms with E-state index in [9.17, 15) is 0 Å². The molecule has 1 aliphatic carbocycles. The molecule has 0 aliphatic heterocycles. The monoisotopic (exact) mass is 190 g/mol. The molecule has 0 aromatic heterocycles. The topological polar surface area (TPSA) is 38.0 Å². The summed E-state index contributed by atoms with van der Waals surface area (Å²) >= 11 is 0. The van der Waals surface area contributed by atoms with E-state index in [2.05, 4.69) is 24.4 Å². The minimum absolute atomic E-state index is 0.707. The first kappa shape index (κ1) is 9.38. The molecule has 1 saturated carbocycles. The highest BCUT2D eigenvalue weighted by Crippen LogP contribution is 2.37. The maximum Gasteiger partial charge on any atom is 0.0343 e. The van der Waals surface area contributed by atoms with E-state index >= 15 is 0 Å². The van der Waals surface area contributed by atoms with Crippen LogP contribution in [-0.4, -0.2) is 6.04 Å². The van der Waals surface area contributed by atoms with Crippen molar-refractivity contribution in [3.63, 3.8) is 0 Å². The smallest absolute Gasteiger partial charge is 0.0343 e. The van der Waals surface area contributed by atoms with Gasteiger partial charge in [-0.25, -0.2) is 0 Å². The van der Waals surface area contributed by atoms with E-state index in [1.165, 1.54) is 24.9 Å². The number of anilines is 2. The fourth-order valence-corrected chi connectivity index (χ4v) is 1.91. The van der Waals surface area contributed by atoms with Crippen LogP contribution in [0.25, 0.3) is 0 Å². The molecule has 76 valence electrons. The molecule has 2 rings (SSSR count). The lowest BCUT2D eigenvalue weighted by atomic mass is 10.2. The second-order valence-electron chi connectivity index (χ2n) is 4.16. The Kier molecular flexibility index (Phi) is 2.62. The van der Waals surface area contributed by atoms with Crippen molar-refractivity contribution in [2.45, 2.75) is 32.2 Å². The molecule has 1 aromatic rings. The molecule has 0 spiro atoms. The molecule has 2 atom stereocenters. The van der Waals surface area contributed by atoms with Crippen LogP contribution in [0.15, 0.2) is 24.3 Å². The van der Waals surface area contributed by atoms with Gasteiger partial charge in [-0.05, 0) is 43.0 Å². The van der Waals surface area contributed by atoms with Crippen LogP contribution in [0.3, 0.4) is 0 Å². The number of nitrogens with two attached hydrogens (primary N) is 1. The quantitative estimate of drug-likeness (QED) is 0.716. The minimum atomic E-state index is 0.707.